The van der Waals surface area contributed by atoms with E-state index >= 15 is 0 Å². The summed E-state index contributed by atoms with van der Waals surface area (Å²) in [5.41, 5.74) is 0.946. The molecule has 0 spiro atoms. The largest absolute Gasteiger partial charge is 0.497 e. The minimum Gasteiger partial charge on any atom is -0.497 e. The molecule has 0 aliphatic carbocycles. The van der Waals surface area contributed by atoms with Crippen LogP contribution in [-0.2, 0) is 11.3 Å². The Kier molecular flexibility index (Phi) is 4.39. The fraction of sp³-hybridized carbons (Fsp3) is 0.500. The summed E-state index contributed by atoms with van der Waals surface area (Å²) in [4.78, 5) is 13.5. The summed E-state index contributed by atoms with van der Waals surface area (Å²) in [5, 5.41) is 19.2. The average Bonchev–Trinajstić information content (AvgIpc) is 2.44. The second-order valence-electron chi connectivity index (χ2n) is 4.73. The van der Waals surface area contributed by atoms with E-state index in [2.05, 4.69) is 0 Å². The highest BCUT2D eigenvalue weighted by Gasteiger charge is 2.34. The molecule has 0 saturated carbocycles. The van der Waals surface area contributed by atoms with Crippen LogP contribution in [0.4, 0.5) is 0 Å². The zero-order chi connectivity index (χ0) is 13.8. The number of aliphatic hydroxyl groups excluding tert-OH is 2. The molecule has 104 valence electrons. The van der Waals surface area contributed by atoms with Crippen LogP contribution >= 0.6 is 0 Å². The third-order valence-corrected chi connectivity index (χ3v) is 3.52. The third-order valence-electron chi connectivity index (χ3n) is 3.52. The molecule has 1 aromatic rings. The summed E-state index contributed by atoms with van der Waals surface area (Å²) >= 11 is 0. The zero-order valence-corrected chi connectivity index (χ0v) is 11.0. The molecule has 0 unspecified atom stereocenters. The Bertz CT molecular complexity index is 432. The molecule has 2 rings (SSSR count). The van der Waals surface area contributed by atoms with Crippen LogP contribution in [0.2, 0.25) is 0 Å². The Morgan fingerprint density at radius 1 is 1.37 bits per heavy atom. The Hall–Kier alpha value is -1.59. The molecule has 1 aliphatic heterocycles. The number of likely N-dealkylation sites (tertiary alicyclic amines) is 1. The molecule has 19 heavy (non-hydrogen) atoms. The third kappa shape index (κ3) is 3.05. The molecule has 1 saturated heterocycles. The average molecular weight is 265 g/mol. The summed E-state index contributed by atoms with van der Waals surface area (Å²) in [6, 6.07) is 6.90. The standard InChI is InChI=1S/C14H19NO4/c1-19-11-4-2-10(3-5-11)8-15-12(9-16)13(17)6-7-14(15)18/h2-5,12-13,16-17H,6-9H2,1H3/t12-,13-/m0/s1. The zero-order valence-electron chi connectivity index (χ0n) is 11.0. The van der Waals surface area contributed by atoms with Gasteiger partial charge in [0.2, 0.25) is 5.91 Å². The van der Waals surface area contributed by atoms with Crippen molar-refractivity contribution in [1.29, 1.82) is 0 Å². The van der Waals surface area contributed by atoms with Gasteiger partial charge in [-0.3, -0.25) is 4.79 Å². The van der Waals surface area contributed by atoms with Crippen molar-refractivity contribution in [3.63, 3.8) is 0 Å². The maximum Gasteiger partial charge on any atom is 0.223 e. The van der Waals surface area contributed by atoms with Crippen molar-refractivity contribution in [3.05, 3.63) is 29.8 Å². The molecule has 1 heterocycles. The van der Waals surface area contributed by atoms with E-state index < -0.39 is 12.1 Å². The van der Waals surface area contributed by atoms with Crippen LogP contribution in [0.5, 0.6) is 5.75 Å². The molecular weight excluding hydrogens is 246 g/mol. The van der Waals surface area contributed by atoms with Gasteiger partial charge in [-0.2, -0.15) is 0 Å². The van der Waals surface area contributed by atoms with E-state index in [0.29, 0.717) is 19.4 Å². The fourth-order valence-electron chi connectivity index (χ4n) is 2.35. The lowest BCUT2D eigenvalue weighted by atomic mass is 9.98. The van der Waals surface area contributed by atoms with Gasteiger partial charge in [-0.1, -0.05) is 12.1 Å². The number of benzene rings is 1. The Morgan fingerprint density at radius 3 is 2.63 bits per heavy atom. The maximum atomic E-state index is 11.9. The van der Waals surface area contributed by atoms with Crippen molar-refractivity contribution in [2.24, 2.45) is 0 Å². The van der Waals surface area contributed by atoms with Crippen LogP contribution in [0.15, 0.2) is 24.3 Å². The summed E-state index contributed by atoms with van der Waals surface area (Å²) in [6.07, 6.45) is 0.0951. The molecule has 5 nitrogen and oxygen atoms in total. The number of piperidine rings is 1. The minimum absolute atomic E-state index is 0.0276. The van der Waals surface area contributed by atoms with E-state index in [1.165, 1.54) is 0 Å². The van der Waals surface area contributed by atoms with Crippen molar-refractivity contribution in [2.45, 2.75) is 31.5 Å². The summed E-state index contributed by atoms with van der Waals surface area (Å²) in [7, 11) is 1.60. The van der Waals surface area contributed by atoms with Crippen molar-refractivity contribution in [3.8, 4) is 5.75 Å². The van der Waals surface area contributed by atoms with E-state index in [-0.39, 0.29) is 12.5 Å². The first-order valence-electron chi connectivity index (χ1n) is 6.37. The molecular formula is C14H19NO4. The van der Waals surface area contributed by atoms with E-state index in [4.69, 9.17) is 4.74 Å². The van der Waals surface area contributed by atoms with Crippen LogP contribution in [0.25, 0.3) is 0 Å². The monoisotopic (exact) mass is 265 g/mol. The Balaban J connectivity index is 2.11. The molecule has 1 aromatic carbocycles. The summed E-state index contributed by atoms with van der Waals surface area (Å²) in [6.45, 7) is 0.175. The molecule has 1 amide bonds. The predicted octanol–water partition coefficient (Wildman–Crippen LogP) is 0.539. The summed E-state index contributed by atoms with van der Waals surface area (Å²) < 4.78 is 5.08. The highest BCUT2D eigenvalue weighted by Crippen LogP contribution is 2.22. The van der Waals surface area contributed by atoms with Crippen molar-refractivity contribution in [2.75, 3.05) is 13.7 Å². The van der Waals surface area contributed by atoms with Gasteiger partial charge < -0.3 is 19.8 Å². The first kappa shape index (κ1) is 13.8. The van der Waals surface area contributed by atoms with Crippen molar-refractivity contribution in [1.82, 2.24) is 4.90 Å². The van der Waals surface area contributed by atoms with Crippen LogP contribution in [0, 0.1) is 0 Å². The van der Waals surface area contributed by atoms with E-state index in [1.54, 1.807) is 12.0 Å². The smallest absolute Gasteiger partial charge is 0.223 e. The van der Waals surface area contributed by atoms with Gasteiger partial charge in [0, 0.05) is 13.0 Å². The number of hydrogen-bond acceptors (Lipinski definition) is 4. The van der Waals surface area contributed by atoms with E-state index in [1.807, 2.05) is 24.3 Å². The normalized spacial score (nSPS) is 23.5. The summed E-state index contributed by atoms with van der Waals surface area (Å²) in [5.74, 6) is 0.729. The maximum absolute atomic E-state index is 11.9. The topological polar surface area (TPSA) is 70.0 Å². The second kappa shape index (κ2) is 6.04. The predicted molar refractivity (Wildman–Crippen MR) is 69.7 cm³/mol. The number of carbonyl (C=O) groups excluding carboxylic acids is 1. The van der Waals surface area contributed by atoms with Gasteiger partial charge in [-0.15, -0.1) is 0 Å². The Labute approximate surface area is 112 Å². The lowest BCUT2D eigenvalue weighted by molar-refractivity contribution is -0.144. The highest BCUT2D eigenvalue weighted by atomic mass is 16.5. The first-order valence-corrected chi connectivity index (χ1v) is 6.37. The van der Waals surface area contributed by atoms with Gasteiger partial charge in [0.1, 0.15) is 5.75 Å². The number of rotatable bonds is 4. The minimum atomic E-state index is -0.652. The molecule has 2 atom stereocenters. The number of hydrogen-bond donors (Lipinski definition) is 2. The molecule has 0 aromatic heterocycles. The van der Waals surface area contributed by atoms with Gasteiger partial charge in [0.25, 0.3) is 0 Å². The molecule has 0 radical (unpaired) electrons. The second-order valence-corrected chi connectivity index (χ2v) is 4.73. The number of aliphatic hydroxyl groups is 2. The molecule has 5 heteroatoms. The number of carbonyl (C=O) groups is 1. The molecule has 1 fully saturated rings. The Morgan fingerprint density at radius 2 is 2.05 bits per heavy atom. The molecule has 2 N–H and O–H groups in total. The first-order chi connectivity index (χ1) is 9.15. The van der Waals surface area contributed by atoms with Gasteiger partial charge in [0.15, 0.2) is 0 Å². The van der Waals surface area contributed by atoms with E-state index in [9.17, 15) is 15.0 Å². The lowest BCUT2D eigenvalue weighted by Gasteiger charge is -2.38. The fourth-order valence-corrected chi connectivity index (χ4v) is 2.35. The number of nitrogens with zero attached hydrogens (tertiary/aromatic N) is 1. The van der Waals surface area contributed by atoms with Crippen LogP contribution in [0.3, 0.4) is 0 Å². The number of amides is 1. The van der Waals surface area contributed by atoms with Crippen LogP contribution in [-0.4, -0.2) is 46.9 Å². The van der Waals surface area contributed by atoms with Gasteiger partial charge in [0.05, 0.1) is 25.9 Å². The number of ether oxygens (including phenoxy) is 1. The number of methoxy groups -OCH3 is 1. The van der Waals surface area contributed by atoms with Gasteiger partial charge in [-0.05, 0) is 24.1 Å². The van der Waals surface area contributed by atoms with Crippen molar-refractivity contribution < 1.29 is 19.7 Å². The highest BCUT2D eigenvalue weighted by molar-refractivity contribution is 5.77. The molecule has 0 bridgehead atoms. The lowest BCUT2D eigenvalue weighted by Crippen LogP contribution is -2.52. The quantitative estimate of drug-likeness (QED) is 0.833. The van der Waals surface area contributed by atoms with Crippen LogP contribution < -0.4 is 4.74 Å². The molecule has 1 aliphatic rings. The van der Waals surface area contributed by atoms with Crippen LogP contribution in [0.1, 0.15) is 18.4 Å². The SMILES string of the molecule is COc1ccc(CN2C(=O)CC[C@H](O)[C@@H]2CO)cc1. The van der Waals surface area contributed by atoms with Crippen molar-refractivity contribution >= 4 is 5.91 Å². The van der Waals surface area contributed by atoms with E-state index in [0.717, 1.165) is 11.3 Å². The van der Waals surface area contributed by atoms with Gasteiger partial charge in [-0.25, -0.2) is 0 Å². The van der Waals surface area contributed by atoms with Gasteiger partial charge >= 0.3 is 0 Å².